The van der Waals surface area contributed by atoms with Gasteiger partial charge in [0.25, 0.3) is 0 Å². The number of nitrogens with zero attached hydrogens (tertiary/aromatic N) is 2. The van der Waals surface area contributed by atoms with E-state index in [-0.39, 0.29) is 11.5 Å². The Morgan fingerprint density at radius 3 is 2.06 bits per heavy atom. The van der Waals surface area contributed by atoms with Crippen LogP contribution in [-0.4, -0.2) is 60.8 Å². The number of hydrogen-bond donors (Lipinski definition) is 1. The molecule has 0 radical (unpaired) electrons. The molecule has 0 aliphatic heterocycles. The van der Waals surface area contributed by atoms with E-state index in [0.29, 0.717) is 6.04 Å². The number of aliphatic hydroxyl groups excluding tert-OH is 1. The van der Waals surface area contributed by atoms with Gasteiger partial charge in [-0.05, 0) is 39.4 Å². The molecular formula is C14H32N2O. The largest absolute Gasteiger partial charge is 0.393 e. The average molecular weight is 244 g/mol. The van der Waals surface area contributed by atoms with Gasteiger partial charge in [0, 0.05) is 19.1 Å². The lowest BCUT2D eigenvalue weighted by Crippen LogP contribution is -2.42. The van der Waals surface area contributed by atoms with Crippen molar-refractivity contribution >= 4 is 0 Å². The topological polar surface area (TPSA) is 26.7 Å². The lowest BCUT2D eigenvalue weighted by molar-refractivity contribution is 0.0406. The first kappa shape index (κ1) is 16.9. The smallest absolute Gasteiger partial charge is 0.0600 e. The zero-order chi connectivity index (χ0) is 13.6. The Kier molecular flexibility index (Phi) is 7.29. The molecule has 17 heavy (non-hydrogen) atoms. The van der Waals surface area contributed by atoms with Crippen LogP contribution in [0.25, 0.3) is 0 Å². The zero-order valence-corrected chi connectivity index (χ0v) is 12.8. The molecule has 0 saturated heterocycles. The van der Waals surface area contributed by atoms with Crippen molar-refractivity contribution in [2.75, 3.05) is 33.7 Å². The minimum Gasteiger partial charge on any atom is -0.393 e. The minimum absolute atomic E-state index is 0.00972. The maximum atomic E-state index is 10.1. The molecule has 2 unspecified atom stereocenters. The molecule has 0 saturated carbocycles. The van der Waals surface area contributed by atoms with Crippen molar-refractivity contribution in [3.05, 3.63) is 0 Å². The SMILES string of the molecule is CCN(CCC(O)C(C)(C)C)C(C)CN(C)C. The van der Waals surface area contributed by atoms with Gasteiger partial charge in [0.05, 0.1) is 6.10 Å². The highest BCUT2D eigenvalue weighted by atomic mass is 16.3. The lowest BCUT2D eigenvalue weighted by atomic mass is 9.87. The van der Waals surface area contributed by atoms with Gasteiger partial charge in [-0.3, -0.25) is 4.90 Å². The summed E-state index contributed by atoms with van der Waals surface area (Å²) in [6.07, 6.45) is 0.637. The first-order valence-electron chi connectivity index (χ1n) is 6.75. The monoisotopic (exact) mass is 244 g/mol. The van der Waals surface area contributed by atoms with Crippen LogP contribution in [0.4, 0.5) is 0 Å². The van der Waals surface area contributed by atoms with Crippen molar-refractivity contribution < 1.29 is 5.11 Å². The van der Waals surface area contributed by atoms with Gasteiger partial charge in [0.2, 0.25) is 0 Å². The average Bonchev–Trinajstić information content (AvgIpc) is 2.15. The number of likely N-dealkylation sites (N-methyl/N-ethyl adjacent to an activating group) is 2. The minimum atomic E-state index is -0.219. The van der Waals surface area contributed by atoms with Gasteiger partial charge < -0.3 is 10.0 Å². The summed E-state index contributed by atoms with van der Waals surface area (Å²) < 4.78 is 0. The molecule has 0 fully saturated rings. The van der Waals surface area contributed by atoms with Crippen LogP contribution in [0, 0.1) is 5.41 Å². The molecule has 0 aliphatic carbocycles. The van der Waals surface area contributed by atoms with Gasteiger partial charge in [-0.1, -0.05) is 27.7 Å². The second kappa shape index (κ2) is 7.34. The van der Waals surface area contributed by atoms with E-state index in [2.05, 4.69) is 58.5 Å². The van der Waals surface area contributed by atoms with Crippen LogP contribution in [0.3, 0.4) is 0 Å². The van der Waals surface area contributed by atoms with E-state index < -0.39 is 0 Å². The van der Waals surface area contributed by atoms with Crippen LogP contribution in [-0.2, 0) is 0 Å². The van der Waals surface area contributed by atoms with Gasteiger partial charge in [-0.2, -0.15) is 0 Å². The standard InChI is InChI=1S/C14H32N2O/c1-8-16(12(2)11-15(6)7)10-9-13(17)14(3,4)5/h12-13,17H,8-11H2,1-7H3. The highest BCUT2D eigenvalue weighted by Gasteiger charge is 2.23. The lowest BCUT2D eigenvalue weighted by Gasteiger charge is -2.33. The Balaban J connectivity index is 4.14. The van der Waals surface area contributed by atoms with Crippen molar-refractivity contribution in [2.24, 2.45) is 5.41 Å². The van der Waals surface area contributed by atoms with E-state index >= 15 is 0 Å². The quantitative estimate of drug-likeness (QED) is 0.742. The van der Waals surface area contributed by atoms with Crippen LogP contribution in [0.5, 0.6) is 0 Å². The molecule has 1 N–H and O–H groups in total. The third-order valence-corrected chi connectivity index (χ3v) is 3.35. The van der Waals surface area contributed by atoms with Crippen molar-refractivity contribution in [3.63, 3.8) is 0 Å². The van der Waals surface area contributed by atoms with E-state index in [1.807, 2.05) is 0 Å². The Morgan fingerprint density at radius 2 is 1.71 bits per heavy atom. The molecule has 0 bridgehead atoms. The predicted octanol–water partition coefficient (Wildman–Crippen LogP) is 2.06. The summed E-state index contributed by atoms with van der Waals surface area (Å²) in [6.45, 7) is 13.8. The second-order valence-corrected chi connectivity index (χ2v) is 6.41. The summed E-state index contributed by atoms with van der Waals surface area (Å²) in [5, 5.41) is 10.1. The normalized spacial score (nSPS) is 16.6. The molecule has 0 aromatic carbocycles. The molecule has 3 heteroatoms. The summed E-state index contributed by atoms with van der Waals surface area (Å²) >= 11 is 0. The third kappa shape index (κ3) is 7.02. The van der Waals surface area contributed by atoms with Crippen molar-refractivity contribution in [1.82, 2.24) is 9.80 Å². The highest BCUT2D eigenvalue weighted by molar-refractivity contribution is 4.76. The van der Waals surface area contributed by atoms with E-state index in [1.54, 1.807) is 0 Å². The molecule has 0 amide bonds. The van der Waals surface area contributed by atoms with Gasteiger partial charge >= 0.3 is 0 Å². The first-order valence-corrected chi connectivity index (χ1v) is 6.75. The number of aliphatic hydroxyl groups is 1. The van der Waals surface area contributed by atoms with Crippen molar-refractivity contribution in [2.45, 2.75) is 53.2 Å². The summed E-state index contributed by atoms with van der Waals surface area (Å²) in [6, 6.07) is 0.544. The summed E-state index contributed by atoms with van der Waals surface area (Å²) in [5.74, 6) is 0. The van der Waals surface area contributed by atoms with Crippen LogP contribution in [0.15, 0.2) is 0 Å². The van der Waals surface area contributed by atoms with Gasteiger partial charge in [0.15, 0.2) is 0 Å². The molecule has 3 nitrogen and oxygen atoms in total. The van der Waals surface area contributed by atoms with Crippen LogP contribution < -0.4 is 0 Å². The second-order valence-electron chi connectivity index (χ2n) is 6.41. The highest BCUT2D eigenvalue weighted by Crippen LogP contribution is 2.21. The maximum absolute atomic E-state index is 10.1. The molecule has 0 heterocycles. The Bertz CT molecular complexity index is 199. The van der Waals surface area contributed by atoms with E-state index in [9.17, 15) is 5.11 Å². The predicted molar refractivity (Wildman–Crippen MR) is 75.3 cm³/mol. The molecule has 2 atom stereocenters. The van der Waals surface area contributed by atoms with Gasteiger partial charge in [-0.25, -0.2) is 0 Å². The molecule has 0 rings (SSSR count). The van der Waals surface area contributed by atoms with Gasteiger partial charge in [-0.15, -0.1) is 0 Å². The van der Waals surface area contributed by atoms with Crippen LogP contribution >= 0.6 is 0 Å². The van der Waals surface area contributed by atoms with Crippen molar-refractivity contribution in [1.29, 1.82) is 0 Å². The summed E-state index contributed by atoms with van der Waals surface area (Å²) in [4.78, 5) is 4.66. The molecule has 0 aromatic heterocycles. The number of rotatable bonds is 7. The maximum Gasteiger partial charge on any atom is 0.0600 e. The fraction of sp³-hybridized carbons (Fsp3) is 1.00. The Morgan fingerprint density at radius 1 is 1.18 bits per heavy atom. The van der Waals surface area contributed by atoms with Crippen LogP contribution in [0.2, 0.25) is 0 Å². The zero-order valence-electron chi connectivity index (χ0n) is 12.8. The van der Waals surface area contributed by atoms with Crippen LogP contribution in [0.1, 0.15) is 41.0 Å². The molecule has 0 spiro atoms. The van der Waals surface area contributed by atoms with E-state index in [1.165, 1.54) is 0 Å². The summed E-state index contributed by atoms with van der Waals surface area (Å²) in [7, 11) is 4.21. The third-order valence-electron chi connectivity index (χ3n) is 3.35. The Labute approximate surface area is 108 Å². The molecule has 104 valence electrons. The van der Waals surface area contributed by atoms with Crippen molar-refractivity contribution in [3.8, 4) is 0 Å². The molecular weight excluding hydrogens is 212 g/mol. The van der Waals surface area contributed by atoms with E-state index in [0.717, 1.165) is 26.1 Å². The fourth-order valence-electron chi connectivity index (χ4n) is 2.06. The number of hydrogen-bond acceptors (Lipinski definition) is 3. The fourth-order valence-corrected chi connectivity index (χ4v) is 2.06. The van der Waals surface area contributed by atoms with Gasteiger partial charge in [0.1, 0.15) is 0 Å². The summed E-state index contributed by atoms with van der Waals surface area (Å²) in [5.41, 5.74) is -0.00972. The molecule has 0 aromatic rings. The first-order chi connectivity index (χ1) is 7.68. The molecule has 0 aliphatic rings. The van der Waals surface area contributed by atoms with E-state index in [4.69, 9.17) is 0 Å². The Hall–Kier alpha value is -0.120.